The number of hydrogen-bond acceptors (Lipinski definition) is 6. The monoisotopic (exact) mass is 412 g/mol. The van der Waals surface area contributed by atoms with Gasteiger partial charge in [-0.1, -0.05) is 0 Å². The van der Waals surface area contributed by atoms with Crippen molar-refractivity contribution >= 4 is 5.69 Å². The first-order chi connectivity index (χ1) is 14.5. The van der Waals surface area contributed by atoms with E-state index < -0.39 is 6.41 Å². The lowest BCUT2D eigenvalue weighted by Gasteiger charge is -2.40. The molecule has 1 aromatic heterocycles. The number of likely N-dealkylation sites (N-methyl/N-ethyl adjacent to an activating group) is 1. The van der Waals surface area contributed by atoms with Crippen LogP contribution < -0.4 is 9.64 Å². The molecule has 2 fully saturated rings. The Bertz CT molecular complexity index is 904. The van der Waals surface area contributed by atoms with Gasteiger partial charge in [-0.25, -0.2) is 0 Å². The van der Waals surface area contributed by atoms with Gasteiger partial charge in [0.2, 0.25) is 6.41 Å². The molecular weight excluding hydrogens is 380 g/mol. The summed E-state index contributed by atoms with van der Waals surface area (Å²) in [5, 5.41) is 15.1. The third-order valence-corrected chi connectivity index (χ3v) is 6.92. The van der Waals surface area contributed by atoms with Gasteiger partial charge in [-0.2, -0.15) is 5.10 Å². The van der Waals surface area contributed by atoms with E-state index in [4.69, 9.17) is 9.47 Å². The predicted molar refractivity (Wildman–Crippen MR) is 116 cm³/mol. The van der Waals surface area contributed by atoms with E-state index in [1.54, 1.807) is 0 Å². The van der Waals surface area contributed by atoms with Crippen molar-refractivity contribution in [2.45, 2.75) is 63.6 Å². The Hall–Kier alpha value is -2.09. The van der Waals surface area contributed by atoms with Gasteiger partial charge in [0.15, 0.2) is 0 Å². The third-order valence-electron chi connectivity index (χ3n) is 6.92. The van der Waals surface area contributed by atoms with Gasteiger partial charge in [0.25, 0.3) is 0 Å². The molecule has 1 aromatic carbocycles. The second kappa shape index (κ2) is 7.87. The predicted octanol–water partition coefficient (Wildman–Crippen LogP) is 3.03. The van der Waals surface area contributed by atoms with Gasteiger partial charge < -0.3 is 24.4 Å². The van der Waals surface area contributed by atoms with Crippen LogP contribution in [-0.4, -0.2) is 65.6 Å². The number of methoxy groups -OCH3 is 1. The number of rotatable bonds is 6. The summed E-state index contributed by atoms with van der Waals surface area (Å²) in [5.41, 5.74) is 4.37. The van der Waals surface area contributed by atoms with Crippen LogP contribution in [0.3, 0.4) is 0 Å². The van der Waals surface area contributed by atoms with Crippen molar-refractivity contribution in [2.24, 2.45) is 0 Å². The van der Waals surface area contributed by atoms with Gasteiger partial charge in [0, 0.05) is 54.8 Å². The van der Waals surface area contributed by atoms with Crippen LogP contribution in [0.25, 0.3) is 11.1 Å². The minimum Gasteiger partial charge on any atom is -0.489 e. The number of fused-ring (bicyclic) bond motifs is 1. The highest BCUT2D eigenvalue weighted by molar-refractivity contribution is 5.77. The first kappa shape index (κ1) is 19.8. The summed E-state index contributed by atoms with van der Waals surface area (Å²) in [5.74, 6) is 0.961. The molecule has 0 bridgehead atoms. The van der Waals surface area contributed by atoms with Crippen molar-refractivity contribution in [2.75, 3.05) is 32.1 Å². The summed E-state index contributed by atoms with van der Waals surface area (Å²) in [7, 11) is 3.67. The Kier molecular flexibility index (Phi) is 5.21. The molecule has 2 aromatic rings. The lowest BCUT2D eigenvalue weighted by molar-refractivity contribution is -0.0795. The molecule has 1 unspecified atom stereocenters. The average molecular weight is 413 g/mol. The third kappa shape index (κ3) is 3.39. The fourth-order valence-electron chi connectivity index (χ4n) is 4.81. The molecule has 0 amide bonds. The van der Waals surface area contributed by atoms with Gasteiger partial charge >= 0.3 is 0 Å². The summed E-state index contributed by atoms with van der Waals surface area (Å²) in [6.45, 7) is 4.21. The van der Waals surface area contributed by atoms with Crippen molar-refractivity contribution in [3.8, 4) is 16.9 Å². The highest BCUT2D eigenvalue weighted by atomic mass is 16.6. The van der Waals surface area contributed by atoms with Crippen LogP contribution in [0.5, 0.6) is 5.75 Å². The summed E-state index contributed by atoms with van der Waals surface area (Å²) >= 11 is 0. The Morgan fingerprint density at radius 1 is 1.20 bits per heavy atom. The van der Waals surface area contributed by atoms with Gasteiger partial charge in [-0.05, 0) is 58.2 Å². The molecule has 3 heterocycles. The summed E-state index contributed by atoms with van der Waals surface area (Å²) in [4.78, 5) is 4.26. The van der Waals surface area contributed by atoms with Crippen molar-refractivity contribution in [3.63, 3.8) is 0 Å². The zero-order chi connectivity index (χ0) is 20.8. The molecule has 2 aliphatic heterocycles. The Morgan fingerprint density at radius 2 is 2.00 bits per heavy atom. The minimum absolute atomic E-state index is 0.202. The molecule has 2 atom stereocenters. The second-order valence-corrected chi connectivity index (χ2v) is 9.05. The maximum absolute atomic E-state index is 10.5. The largest absolute Gasteiger partial charge is 0.489 e. The van der Waals surface area contributed by atoms with Crippen molar-refractivity contribution < 1.29 is 14.6 Å². The van der Waals surface area contributed by atoms with Gasteiger partial charge in [-0.3, -0.25) is 4.68 Å². The first-order valence-corrected chi connectivity index (χ1v) is 11.1. The molecular formula is C23H32N4O3. The summed E-state index contributed by atoms with van der Waals surface area (Å²) in [6, 6.07) is 4.87. The van der Waals surface area contributed by atoms with E-state index in [-0.39, 0.29) is 12.1 Å². The number of hydrogen-bond donors (Lipinski definition) is 1. The number of anilines is 1. The molecule has 30 heavy (non-hydrogen) atoms. The van der Waals surface area contributed by atoms with E-state index in [2.05, 4.69) is 47.0 Å². The maximum atomic E-state index is 10.5. The molecule has 5 rings (SSSR count). The molecule has 7 nitrogen and oxygen atoms in total. The number of ether oxygens (including phenoxy) is 2. The zero-order valence-corrected chi connectivity index (χ0v) is 18.1. The zero-order valence-electron chi connectivity index (χ0n) is 18.1. The van der Waals surface area contributed by atoms with Crippen LogP contribution in [0.15, 0.2) is 24.5 Å². The van der Waals surface area contributed by atoms with Crippen LogP contribution in [0.2, 0.25) is 0 Å². The molecule has 1 saturated carbocycles. The van der Waals surface area contributed by atoms with Gasteiger partial charge in [-0.15, -0.1) is 0 Å². The van der Waals surface area contributed by atoms with E-state index in [0.29, 0.717) is 6.04 Å². The Balaban J connectivity index is 1.54. The van der Waals surface area contributed by atoms with E-state index in [9.17, 15) is 5.11 Å². The normalized spacial score (nSPS) is 23.6. The highest BCUT2D eigenvalue weighted by Gasteiger charge is 2.33. The molecule has 1 N–H and O–H groups in total. The van der Waals surface area contributed by atoms with Gasteiger partial charge in [0.1, 0.15) is 5.75 Å². The molecule has 0 radical (unpaired) electrons. The van der Waals surface area contributed by atoms with Crippen LogP contribution in [-0.2, 0) is 11.2 Å². The van der Waals surface area contributed by atoms with Crippen molar-refractivity contribution in [1.29, 1.82) is 0 Å². The van der Waals surface area contributed by atoms with Crippen molar-refractivity contribution in [3.05, 3.63) is 30.1 Å². The number of nitrogens with zero attached hydrogens (tertiary/aromatic N) is 4. The molecule has 0 spiro atoms. The SMILES string of the molecule is COC(O)N1c2ccc(-c3cnn(C4CN(C)C4)c3)c(OC3CCC3)c2CC[C@@H]1C. The summed E-state index contributed by atoms with van der Waals surface area (Å²) < 4.78 is 13.9. The van der Waals surface area contributed by atoms with Crippen LogP contribution in [0, 0.1) is 0 Å². The number of aliphatic hydroxyl groups is 1. The van der Waals surface area contributed by atoms with E-state index in [1.165, 1.54) is 19.1 Å². The number of aromatic nitrogens is 2. The van der Waals surface area contributed by atoms with Gasteiger partial charge in [0.05, 0.1) is 18.3 Å². The maximum Gasteiger partial charge on any atom is 0.237 e. The summed E-state index contributed by atoms with van der Waals surface area (Å²) in [6.07, 6.45) is 8.77. The fourth-order valence-corrected chi connectivity index (χ4v) is 4.81. The molecule has 1 saturated heterocycles. The second-order valence-electron chi connectivity index (χ2n) is 9.05. The smallest absolute Gasteiger partial charge is 0.237 e. The molecule has 7 heteroatoms. The number of benzene rings is 1. The highest BCUT2D eigenvalue weighted by Crippen LogP contribution is 2.45. The van der Waals surface area contributed by atoms with E-state index >= 15 is 0 Å². The van der Waals surface area contributed by atoms with E-state index in [0.717, 1.165) is 61.3 Å². The number of likely N-dealkylation sites (tertiary alicyclic amines) is 1. The molecule has 1 aliphatic carbocycles. The Labute approximate surface area is 178 Å². The minimum atomic E-state index is -0.959. The quantitative estimate of drug-likeness (QED) is 0.736. The fraction of sp³-hybridized carbons (Fsp3) is 0.609. The molecule has 3 aliphatic rings. The Morgan fingerprint density at radius 3 is 2.67 bits per heavy atom. The standard InChI is InChI=1S/C23H32N4O3/c1-15-7-8-20-21(27(15)23(28)29-3)10-9-19(22(20)30-18-5-4-6-18)16-11-24-26(12-16)17-13-25(2)14-17/h9-12,15,17-18,23,28H,4-8,13-14H2,1-3H3/t15-,23?/m0/s1. The van der Waals surface area contributed by atoms with Crippen LogP contribution in [0.4, 0.5) is 5.69 Å². The topological polar surface area (TPSA) is 63.0 Å². The molecule has 162 valence electrons. The lowest BCUT2D eigenvalue weighted by Crippen LogP contribution is -2.46. The average Bonchev–Trinajstić information content (AvgIpc) is 3.16. The van der Waals surface area contributed by atoms with Crippen LogP contribution in [0.1, 0.15) is 44.2 Å². The van der Waals surface area contributed by atoms with E-state index in [1.807, 2.05) is 11.1 Å². The first-order valence-electron chi connectivity index (χ1n) is 11.1. The van der Waals surface area contributed by atoms with Crippen LogP contribution >= 0.6 is 0 Å². The number of aliphatic hydroxyl groups excluding tert-OH is 1. The van der Waals surface area contributed by atoms with Crippen molar-refractivity contribution in [1.82, 2.24) is 14.7 Å². The lowest BCUT2D eigenvalue weighted by atomic mass is 9.91.